The molecule has 0 atom stereocenters. The number of nitrogens with one attached hydrogen (secondary N) is 1. The third-order valence-electron chi connectivity index (χ3n) is 3.61. The Balaban J connectivity index is 1.84. The number of amides is 1. The summed E-state index contributed by atoms with van der Waals surface area (Å²) in [5.74, 6) is 0.978. The first-order valence-corrected chi connectivity index (χ1v) is 9.40. The number of carbonyl (C=O) groups excluding carboxylic acids is 1. The number of methoxy groups -OCH3 is 2. The summed E-state index contributed by atoms with van der Waals surface area (Å²) in [5.41, 5.74) is 0.642. The first-order valence-electron chi connectivity index (χ1n) is 7.75. The molecule has 0 aromatic heterocycles. The lowest BCUT2D eigenvalue weighted by Gasteiger charge is -2.07. The van der Waals surface area contributed by atoms with Crippen LogP contribution in [0.3, 0.4) is 0 Å². The Hall–Kier alpha value is -2.54. The van der Waals surface area contributed by atoms with Crippen LogP contribution in [0.25, 0.3) is 0 Å². The molecule has 0 saturated carbocycles. The summed E-state index contributed by atoms with van der Waals surface area (Å²) in [4.78, 5) is 12.1. The smallest absolute Gasteiger partial charge is 0.224 e. The minimum Gasteiger partial charge on any atom is -0.497 e. The van der Waals surface area contributed by atoms with Gasteiger partial charge in [-0.15, -0.1) is 0 Å². The first kappa shape index (κ1) is 18.8. The standard InChI is InChI=1S/C18H21NO5S/c1-23-15-7-5-14(6-8-15)19-18(20)4-3-13-25(21,22)17-11-9-16(24-2)10-12-17/h5-12H,3-4,13H2,1-2H3,(H,19,20). The highest BCUT2D eigenvalue weighted by molar-refractivity contribution is 7.91. The van der Waals surface area contributed by atoms with E-state index < -0.39 is 9.84 Å². The molecule has 0 aliphatic rings. The molecule has 2 aromatic carbocycles. The van der Waals surface area contributed by atoms with E-state index in [4.69, 9.17) is 9.47 Å². The van der Waals surface area contributed by atoms with Crippen LogP contribution in [0.1, 0.15) is 12.8 Å². The van der Waals surface area contributed by atoms with E-state index in [0.717, 1.165) is 0 Å². The van der Waals surface area contributed by atoms with E-state index in [1.54, 1.807) is 43.5 Å². The third kappa shape index (κ3) is 5.49. The molecule has 0 spiro atoms. The summed E-state index contributed by atoms with van der Waals surface area (Å²) < 4.78 is 34.6. The van der Waals surface area contributed by atoms with Gasteiger partial charge >= 0.3 is 0 Å². The fourth-order valence-electron chi connectivity index (χ4n) is 2.22. The summed E-state index contributed by atoms with van der Waals surface area (Å²) in [6, 6.07) is 13.1. The van der Waals surface area contributed by atoms with Crippen LogP contribution in [0.5, 0.6) is 11.5 Å². The number of sulfone groups is 1. The van der Waals surface area contributed by atoms with E-state index in [9.17, 15) is 13.2 Å². The van der Waals surface area contributed by atoms with Gasteiger partial charge in [0.15, 0.2) is 9.84 Å². The zero-order chi connectivity index (χ0) is 18.3. The molecule has 0 bridgehead atoms. The SMILES string of the molecule is COc1ccc(NC(=O)CCCS(=O)(=O)c2ccc(OC)cc2)cc1. The van der Waals surface area contributed by atoms with Crippen molar-refractivity contribution in [2.45, 2.75) is 17.7 Å². The van der Waals surface area contributed by atoms with E-state index in [0.29, 0.717) is 17.2 Å². The molecule has 7 heteroatoms. The van der Waals surface area contributed by atoms with Crippen molar-refractivity contribution in [1.82, 2.24) is 0 Å². The fraction of sp³-hybridized carbons (Fsp3) is 0.278. The molecule has 2 aromatic rings. The Bertz CT molecular complexity index is 798. The molecule has 1 N–H and O–H groups in total. The second kappa shape index (κ2) is 8.53. The van der Waals surface area contributed by atoms with E-state index in [1.165, 1.54) is 19.2 Å². The molecule has 0 radical (unpaired) electrons. The number of benzene rings is 2. The van der Waals surface area contributed by atoms with Crippen LogP contribution < -0.4 is 14.8 Å². The van der Waals surface area contributed by atoms with E-state index in [1.807, 2.05) is 0 Å². The topological polar surface area (TPSA) is 81.7 Å². The number of hydrogen-bond donors (Lipinski definition) is 1. The molecule has 0 unspecified atom stereocenters. The van der Waals surface area contributed by atoms with Gasteiger partial charge in [-0.25, -0.2) is 8.42 Å². The summed E-state index contributed by atoms with van der Waals surface area (Å²) in [6.45, 7) is 0. The largest absolute Gasteiger partial charge is 0.497 e. The van der Waals surface area contributed by atoms with Crippen molar-refractivity contribution in [3.05, 3.63) is 48.5 Å². The Morgan fingerprint density at radius 2 is 1.44 bits per heavy atom. The highest BCUT2D eigenvalue weighted by Gasteiger charge is 2.15. The fourth-order valence-corrected chi connectivity index (χ4v) is 3.53. The van der Waals surface area contributed by atoms with Crippen molar-refractivity contribution in [1.29, 1.82) is 0 Å². The number of rotatable bonds is 8. The lowest BCUT2D eigenvalue weighted by atomic mass is 10.2. The first-order chi connectivity index (χ1) is 11.9. The molecule has 0 fully saturated rings. The van der Waals surface area contributed by atoms with Gasteiger partial charge in [-0.05, 0) is 55.0 Å². The summed E-state index contributed by atoms with van der Waals surface area (Å²) in [7, 11) is -0.330. The highest BCUT2D eigenvalue weighted by atomic mass is 32.2. The molecule has 2 rings (SSSR count). The molecule has 1 amide bonds. The molecule has 0 aliphatic carbocycles. The van der Waals surface area contributed by atoms with Crippen LogP contribution in [0.2, 0.25) is 0 Å². The third-order valence-corrected chi connectivity index (χ3v) is 5.43. The van der Waals surface area contributed by atoms with Gasteiger partial charge in [-0.2, -0.15) is 0 Å². The van der Waals surface area contributed by atoms with E-state index in [2.05, 4.69) is 5.32 Å². The van der Waals surface area contributed by atoms with Crippen LogP contribution in [0.15, 0.2) is 53.4 Å². The van der Waals surface area contributed by atoms with Gasteiger partial charge in [0, 0.05) is 12.1 Å². The zero-order valence-electron chi connectivity index (χ0n) is 14.2. The lowest BCUT2D eigenvalue weighted by Crippen LogP contribution is -2.14. The van der Waals surface area contributed by atoms with Crippen molar-refractivity contribution in [3.8, 4) is 11.5 Å². The van der Waals surface area contributed by atoms with Gasteiger partial charge in [0.2, 0.25) is 5.91 Å². The van der Waals surface area contributed by atoms with Gasteiger partial charge in [0.25, 0.3) is 0 Å². The summed E-state index contributed by atoms with van der Waals surface area (Å²) in [5, 5.41) is 2.73. The molecule has 25 heavy (non-hydrogen) atoms. The summed E-state index contributed by atoms with van der Waals surface area (Å²) >= 11 is 0. The Morgan fingerprint density at radius 1 is 0.920 bits per heavy atom. The van der Waals surface area contributed by atoms with Crippen LogP contribution in [-0.4, -0.2) is 34.3 Å². The monoisotopic (exact) mass is 363 g/mol. The maximum Gasteiger partial charge on any atom is 0.224 e. The van der Waals surface area contributed by atoms with E-state index >= 15 is 0 Å². The maximum atomic E-state index is 12.3. The molecule has 0 heterocycles. The Labute approximate surface area is 147 Å². The molecule has 134 valence electrons. The van der Waals surface area contributed by atoms with E-state index in [-0.39, 0.29) is 29.4 Å². The second-order valence-corrected chi connectivity index (χ2v) is 7.48. The number of anilines is 1. The van der Waals surface area contributed by atoms with Crippen molar-refractivity contribution in [2.75, 3.05) is 25.3 Å². The Morgan fingerprint density at radius 3 is 1.96 bits per heavy atom. The maximum absolute atomic E-state index is 12.3. The van der Waals surface area contributed by atoms with Gasteiger partial charge in [-0.1, -0.05) is 0 Å². The van der Waals surface area contributed by atoms with Crippen LogP contribution in [-0.2, 0) is 14.6 Å². The molecular weight excluding hydrogens is 342 g/mol. The van der Waals surface area contributed by atoms with Gasteiger partial charge in [0.05, 0.1) is 24.9 Å². The normalized spacial score (nSPS) is 11.0. The highest BCUT2D eigenvalue weighted by Crippen LogP contribution is 2.18. The molecule has 6 nitrogen and oxygen atoms in total. The second-order valence-electron chi connectivity index (χ2n) is 5.37. The Kier molecular flexibility index (Phi) is 6.41. The number of hydrogen-bond acceptors (Lipinski definition) is 5. The van der Waals surface area contributed by atoms with Crippen LogP contribution in [0, 0.1) is 0 Å². The minimum atomic E-state index is -3.41. The van der Waals surface area contributed by atoms with Gasteiger partial charge in [-0.3, -0.25) is 4.79 Å². The predicted molar refractivity (Wildman–Crippen MR) is 95.9 cm³/mol. The zero-order valence-corrected chi connectivity index (χ0v) is 15.0. The molecule has 0 aliphatic heterocycles. The van der Waals surface area contributed by atoms with Crippen LogP contribution in [0.4, 0.5) is 5.69 Å². The number of ether oxygens (including phenoxy) is 2. The lowest BCUT2D eigenvalue weighted by molar-refractivity contribution is -0.116. The van der Waals surface area contributed by atoms with Crippen molar-refractivity contribution < 1.29 is 22.7 Å². The van der Waals surface area contributed by atoms with Gasteiger partial charge in [0.1, 0.15) is 11.5 Å². The predicted octanol–water partition coefficient (Wildman–Crippen LogP) is 2.90. The average Bonchev–Trinajstić information content (AvgIpc) is 2.62. The van der Waals surface area contributed by atoms with Gasteiger partial charge < -0.3 is 14.8 Å². The molecular formula is C18H21NO5S. The summed E-state index contributed by atoms with van der Waals surface area (Å²) in [6.07, 6.45) is 0.373. The van der Waals surface area contributed by atoms with Crippen LogP contribution >= 0.6 is 0 Å². The number of carbonyl (C=O) groups is 1. The van der Waals surface area contributed by atoms with Crippen molar-refractivity contribution >= 4 is 21.4 Å². The average molecular weight is 363 g/mol. The quantitative estimate of drug-likeness (QED) is 0.780. The van der Waals surface area contributed by atoms with Crippen molar-refractivity contribution in [3.63, 3.8) is 0 Å². The minimum absolute atomic E-state index is 0.0879. The van der Waals surface area contributed by atoms with Crippen molar-refractivity contribution in [2.24, 2.45) is 0 Å². The molecule has 0 saturated heterocycles.